The van der Waals surface area contributed by atoms with Gasteiger partial charge in [0.1, 0.15) is 17.8 Å². The third kappa shape index (κ3) is 4.80. The average Bonchev–Trinajstić information content (AvgIpc) is 3.20. The van der Waals surface area contributed by atoms with E-state index < -0.39 is 5.60 Å². The van der Waals surface area contributed by atoms with Crippen molar-refractivity contribution in [2.75, 3.05) is 13.1 Å². The van der Waals surface area contributed by atoms with Gasteiger partial charge in [0.2, 0.25) is 5.88 Å². The number of thiophene rings is 1. The van der Waals surface area contributed by atoms with Crippen LogP contribution in [-0.2, 0) is 4.74 Å². The average molecular weight is 436 g/mol. The maximum atomic E-state index is 12.5. The predicted octanol–water partition coefficient (Wildman–Crippen LogP) is 5.61. The molecule has 4 rings (SSSR count). The second-order valence-corrected chi connectivity index (χ2v) is 9.67. The smallest absolute Gasteiger partial charge is 0.410 e. The summed E-state index contributed by atoms with van der Waals surface area (Å²) in [5.41, 5.74) is 1.09. The van der Waals surface area contributed by atoms with Gasteiger partial charge in [-0.15, -0.1) is 11.3 Å². The van der Waals surface area contributed by atoms with Crippen LogP contribution in [0.3, 0.4) is 0 Å². The molecular formula is C24H25N3O3S. The fourth-order valence-electron chi connectivity index (χ4n) is 3.60. The van der Waals surface area contributed by atoms with Gasteiger partial charge < -0.3 is 14.4 Å². The second-order valence-electron chi connectivity index (χ2n) is 8.62. The number of benzene rings is 1. The molecule has 1 fully saturated rings. The monoisotopic (exact) mass is 435 g/mol. The highest BCUT2D eigenvalue weighted by molar-refractivity contribution is 7.22. The quantitative estimate of drug-likeness (QED) is 0.534. The van der Waals surface area contributed by atoms with Gasteiger partial charge in [0.25, 0.3) is 0 Å². The minimum absolute atomic E-state index is 0.176. The normalized spacial score (nSPS) is 16.7. The summed E-state index contributed by atoms with van der Waals surface area (Å²) in [5.74, 6) is 0.503. The second kappa shape index (κ2) is 8.56. The van der Waals surface area contributed by atoms with Crippen molar-refractivity contribution < 1.29 is 14.3 Å². The molecule has 7 heteroatoms. The van der Waals surface area contributed by atoms with Crippen molar-refractivity contribution >= 4 is 27.5 Å². The zero-order valence-corrected chi connectivity index (χ0v) is 18.7. The molecule has 1 aliphatic heterocycles. The van der Waals surface area contributed by atoms with E-state index in [1.807, 2.05) is 57.2 Å². The summed E-state index contributed by atoms with van der Waals surface area (Å²) in [6.45, 7) is 6.69. The minimum atomic E-state index is -0.532. The Bertz CT molecular complexity index is 1130. The van der Waals surface area contributed by atoms with Crippen LogP contribution in [0.1, 0.15) is 39.2 Å². The summed E-state index contributed by atoms with van der Waals surface area (Å²) in [6.07, 6.45) is 2.74. The predicted molar refractivity (Wildman–Crippen MR) is 121 cm³/mol. The Morgan fingerprint density at radius 2 is 2.06 bits per heavy atom. The Morgan fingerprint density at radius 1 is 1.29 bits per heavy atom. The Kier molecular flexibility index (Phi) is 5.84. The molecule has 3 aromatic rings. The zero-order chi connectivity index (χ0) is 22.0. The Balaban J connectivity index is 1.59. The third-order valence-corrected chi connectivity index (χ3v) is 6.22. The molecule has 3 heterocycles. The number of fused-ring (bicyclic) bond motifs is 1. The highest BCUT2D eigenvalue weighted by Gasteiger charge is 2.29. The number of carbonyl (C=O) groups is 1. The molecule has 0 saturated carbocycles. The highest BCUT2D eigenvalue weighted by atomic mass is 32.1. The van der Waals surface area contributed by atoms with Gasteiger partial charge in [0, 0.05) is 11.4 Å². The van der Waals surface area contributed by atoms with Crippen molar-refractivity contribution in [2.45, 2.75) is 45.3 Å². The first-order chi connectivity index (χ1) is 14.8. The summed E-state index contributed by atoms with van der Waals surface area (Å²) in [5, 5.41) is 10.4. The number of nitriles is 1. The summed E-state index contributed by atoms with van der Waals surface area (Å²) in [4.78, 5) is 19.7. The highest BCUT2D eigenvalue weighted by Crippen LogP contribution is 2.39. The van der Waals surface area contributed by atoms with Crippen LogP contribution in [0, 0.1) is 11.3 Å². The lowest BCUT2D eigenvalue weighted by Gasteiger charge is -2.34. The fourth-order valence-corrected chi connectivity index (χ4v) is 4.72. The molecular weight excluding hydrogens is 410 g/mol. The number of likely N-dealkylation sites (tertiary alicyclic amines) is 1. The maximum Gasteiger partial charge on any atom is 0.410 e. The van der Waals surface area contributed by atoms with Crippen LogP contribution >= 0.6 is 11.3 Å². The first kappa shape index (κ1) is 21.1. The van der Waals surface area contributed by atoms with E-state index in [2.05, 4.69) is 11.1 Å². The van der Waals surface area contributed by atoms with Crippen molar-refractivity contribution in [1.29, 1.82) is 5.26 Å². The van der Waals surface area contributed by atoms with Gasteiger partial charge in [0.15, 0.2) is 0 Å². The number of piperidine rings is 1. The van der Waals surface area contributed by atoms with Gasteiger partial charge in [-0.25, -0.2) is 9.78 Å². The Hall–Kier alpha value is -3.11. The van der Waals surface area contributed by atoms with Crippen LogP contribution in [-0.4, -0.2) is 40.8 Å². The number of ether oxygens (including phenoxy) is 2. The lowest BCUT2D eigenvalue weighted by Crippen LogP contribution is -2.46. The summed E-state index contributed by atoms with van der Waals surface area (Å²) in [6, 6.07) is 14.3. The lowest BCUT2D eigenvalue weighted by atomic mass is 10.1. The number of carbonyl (C=O) groups excluding carboxylic acids is 1. The molecule has 6 nitrogen and oxygen atoms in total. The lowest BCUT2D eigenvalue weighted by molar-refractivity contribution is 0.00743. The molecule has 0 spiro atoms. The molecule has 2 aromatic heterocycles. The van der Waals surface area contributed by atoms with E-state index in [1.165, 1.54) is 0 Å². The van der Waals surface area contributed by atoms with Crippen molar-refractivity contribution in [3.63, 3.8) is 0 Å². The van der Waals surface area contributed by atoms with E-state index in [-0.39, 0.29) is 12.2 Å². The maximum absolute atomic E-state index is 12.5. The minimum Gasteiger partial charge on any atom is -0.472 e. The first-order valence-corrected chi connectivity index (χ1v) is 11.2. The van der Waals surface area contributed by atoms with Crippen LogP contribution in [0.2, 0.25) is 0 Å². The molecule has 1 saturated heterocycles. The largest absolute Gasteiger partial charge is 0.472 e. The van der Waals surface area contributed by atoms with Crippen molar-refractivity contribution in [1.82, 2.24) is 9.88 Å². The number of rotatable bonds is 3. The number of pyridine rings is 1. The van der Waals surface area contributed by atoms with Crippen molar-refractivity contribution in [2.24, 2.45) is 0 Å². The SMILES string of the molecule is CC(C)(C)OC(=O)N1CCC[C@H](Oc2ncc(C#N)c3sc(-c4ccccc4)cc23)C1. The molecule has 0 N–H and O–H groups in total. The van der Waals surface area contributed by atoms with E-state index in [9.17, 15) is 10.1 Å². The molecule has 0 aliphatic carbocycles. The molecule has 0 bridgehead atoms. The van der Waals surface area contributed by atoms with Crippen LogP contribution in [0.25, 0.3) is 20.5 Å². The number of hydrogen-bond donors (Lipinski definition) is 0. The molecule has 1 atom stereocenters. The molecule has 31 heavy (non-hydrogen) atoms. The number of amides is 1. The number of nitrogens with zero attached hydrogens (tertiary/aromatic N) is 3. The van der Waals surface area contributed by atoms with Gasteiger partial charge in [-0.3, -0.25) is 0 Å². The van der Waals surface area contributed by atoms with Crippen molar-refractivity contribution in [3.8, 4) is 22.4 Å². The van der Waals surface area contributed by atoms with Crippen LogP contribution in [0.5, 0.6) is 5.88 Å². The Labute approximate surface area is 186 Å². The molecule has 160 valence electrons. The number of hydrogen-bond acceptors (Lipinski definition) is 6. The summed E-state index contributed by atoms with van der Waals surface area (Å²) >= 11 is 1.56. The van der Waals surface area contributed by atoms with E-state index in [0.717, 1.165) is 33.4 Å². The zero-order valence-electron chi connectivity index (χ0n) is 17.9. The first-order valence-electron chi connectivity index (χ1n) is 10.4. The molecule has 0 unspecified atom stereocenters. The topological polar surface area (TPSA) is 75.4 Å². The van der Waals surface area contributed by atoms with Crippen LogP contribution < -0.4 is 4.74 Å². The molecule has 1 aromatic carbocycles. The van der Waals surface area contributed by atoms with E-state index in [0.29, 0.717) is 24.5 Å². The van der Waals surface area contributed by atoms with Crippen LogP contribution in [0.4, 0.5) is 4.79 Å². The third-order valence-electron chi connectivity index (χ3n) is 5.00. The van der Waals surface area contributed by atoms with E-state index in [4.69, 9.17) is 9.47 Å². The van der Waals surface area contributed by atoms with Gasteiger partial charge in [0.05, 0.1) is 28.4 Å². The van der Waals surface area contributed by atoms with Gasteiger partial charge in [-0.1, -0.05) is 30.3 Å². The fraction of sp³-hybridized carbons (Fsp3) is 0.375. The van der Waals surface area contributed by atoms with Gasteiger partial charge >= 0.3 is 6.09 Å². The van der Waals surface area contributed by atoms with Gasteiger partial charge in [-0.2, -0.15) is 5.26 Å². The molecule has 1 amide bonds. The Morgan fingerprint density at radius 3 is 2.77 bits per heavy atom. The van der Waals surface area contributed by atoms with E-state index in [1.54, 1.807) is 22.4 Å². The van der Waals surface area contributed by atoms with Crippen LogP contribution in [0.15, 0.2) is 42.6 Å². The standard InChI is InChI=1S/C24H25N3O3S/c1-24(2,3)30-23(28)27-11-7-10-18(15-27)29-22-19-12-20(16-8-5-4-6-9-16)31-21(19)17(13-25)14-26-22/h4-6,8-9,12,14,18H,7,10-11,15H2,1-3H3/t18-/m0/s1. The summed E-state index contributed by atoms with van der Waals surface area (Å²) < 4.78 is 12.6. The summed E-state index contributed by atoms with van der Waals surface area (Å²) in [7, 11) is 0. The van der Waals surface area contributed by atoms with E-state index >= 15 is 0 Å². The molecule has 0 radical (unpaired) electrons. The van der Waals surface area contributed by atoms with Gasteiger partial charge in [-0.05, 0) is 45.2 Å². The number of aromatic nitrogens is 1. The van der Waals surface area contributed by atoms with Crippen molar-refractivity contribution in [3.05, 3.63) is 48.2 Å². The molecule has 1 aliphatic rings.